The average molecular weight is 341 g/mol. The van der Waals surface area contributed by atoms with Gasteiger partial charge in [0.25, 0.3) is 5.91 Å². The zero-order valence-corrected chi connectivity index (χ0v) is 11.9. The summed E-state index contributed by atoms with van der Waals surface area (Å²) in [6, 6.07) is 8.19. The number of nitrogen functional groups attached to an aromatic ring is 1. The van der Waals surface area contributed by atoms with Crippen molar-refractivity contribution in [3.63, 3.8) is 0 Å². The monoisotopic (exact) mass is 340 g/mol. The first kappa shape index (κ1) is 14.5. The van der Waals surface area contributed by atoms with Gasteiger partial charge in [-0.05, 0) is 36.4 Å². The molecule has 0 radical (unpaired) electrons. The molecule has 2 rings (SSSR count). The van der Waals surface area contributed by atoms with Gasteiger partial charge in [-0.1, -0.05) is 15.9 Å². The van der Waals surface area contributed by atoms with Gasteiger partial charge in [-0.25, -0.2) is 8.78 Å². The molecule has 3 nitrogen and oxygen atoms in total. The number of halogens is 3. The summed E-state index contributed by atoms with van der Waals surface area (Å²) in [4.78, 5) is 11.8. The largest absolute Gasteiger partial charge is 0.396 e. The molecule has 2 aromatic rings. The van der Waals surface area contributed by atoms with Crippen molar-refractivity contribution >= 4 is 27.5 Å². The van der Waals surface area contributed by atoms with Gasteiger partial charge in [-0.2, -0.15) is 0 Å². The van der Waals surface area contributed by atoms with Crippen molar-refractivity contribution in [3.05, 3.63) is 63.6 Å². The Morgan fingerprint density at radius 2 is 1.90 bits per heavy atom. The lowest BCUT2D eigenvalue weighted by Crippen LogP contribution is -2.23. The van der Waals surface area contributed by atoms with Crippen LogP contribution in [0.1, 0.15) is 15.9 Å². The molecule has 0 aliphatic heterocycles. The van der Waals surface area contributed by atoms with Crippen LogP contribution in [0, 0.1) is 11.6 Å². The molecule has 0 unspecified atom stereocenters. The van der Waals surface area contributed by atoms with E-state index in [0.717, 1.165) is 6.07 Å². The van der Waals surface area contributed by atoms with Crippen LogP contribution in [0.3, 0.4) is 0 Å². The first-order valence-electron chi connectivity index (χ1n) is 5.74. The molecular formula is C14H11BrF2N2O. The molecule has 0 aliphatic rings. The fraction of sp³-hybridized carbons (Fsp3) is 0.0714. The Morgan fingerprint density at radius 1 is 1.15 bits per heavy atom. The van der Waals surface area contributed by atoms with Gasteiger partial charge in [-0.15, -0.1) is 0 Å². The van der Waals surface area contributed by atoms with Gasteiger partial charge in [0.1, 0.15) is 11.6 Å². The molecule has 0 saturated heterocycles. The number of nitrogens with two attached hydrogens (primary N) is 1. The van der Waals surface area contributed by atoms with Gasteiger partial charge >= 0.3 is 0 Å². The lowest BCUT2D eigenvalue weighted by Gasteiger charge is -2.07. The maximum absolute atomic E-state index is 13.5. The number of carbonyl (C=O) groups is 1. The highest BCUT2D eigenvalue weighted by molar-refractivity contribution is 9.10. The number of carbonyl (C=O) groups excluding carboxylic acids is 1. The van der Waals surface area contributed by atoms with Crippen LogP contribution in [-0.2, 0) is 6.54 Å². The number of amides is 1. The molecule has 0 aliphatic carbocycles. The zero-order chi connectivity index (χ0) is 14.7. The van der Waals surface area contributed by atoms with Crippen molar-refractivity contribution in [1.29, 1.82) is 0 Å². The Hall–Kier alpha value is -1.95. The minimum Gasteiger partial charge on any atom is -0.396 e. The minimum atomic E-state index is -0.661. The van der Waals surface area contributed by atoms with Crippen LogP contribution in [0.25, 0.3) is 0 Å². The molecule has 6 heteroatoms. The number of hydrogen-bond acceptors (Lipinski definition) is 2. The Labute approximate surface area is 122 Å². The van der Waals surface area contributed by atoms with E-state index in [0.29, 0.717) is 10.0 Å². The number of hydrogen-bond donors (Lipinski definition) is 2. The van der Waals surface area contributed by atoms with Crippen LogP contribution in [0.4, 0.5) is 14.5 Å². The second-order valence-corrected chi connectivity index (χ2v) is 5.07. The molecule has 0 aromatic heterocycles. The highest BCUT2D eigenvalue weighted by atomic mass is 79.9. The molecule has 0 fully saturated rings. The van der Waals surface area contributed by atoms with Crippen LogP contribution < -0.4 is 11.1 Å². The van der Waals surface area contributed by atoms with Gasteiger partial charge in [0.15, 0.2) is 0 Å². The molecule has 0 atom stereocenters. The maximum Gasteiger partial charge on any atom is 0.251 e. The average Bonchev–Trinajstić information content (AvgIpc) is 2.42. The first-order chi connectivity index (χ1) is 9.47. The van der Waals surface area contributed by atoms with Crippen molar-refractivity contribution in [1.82, 2.24) is 5.32 Å². The summed E-state index contributed by atoms with van der Waals surface area (Å²) in [6.45, 7) is 0.0100. The van der Waals surface area contributed by atoms with Gasteiger partial charge in [0.05, 0.1) is 5.69 Å². The van der Waals surface area contributed by atoms with E-state index in [1.807, 2.05) is 0 Å². The normalized spacial score (nSPS) is 10.3. The summed E-state index contributed by atoms with van der Waals surface area (Å²) in [6.07, 6.45) is 0. The lowest BCUT2D eigenvalue weighted by atomic mass is 10.1. The fourth-order valence-corrected chi connectivity index (χ4v) is 2.03. The summed E-state index contributed by atoms with van der Waals surface area (Å²) >= 11 is 3.22. The summed E-state index contributed by atoms with van der Waals surface area (Å²) < 4.78 is 27.4. The van der Waals surface area contributed by atoms with Gasteiger partial charge in [-0.3, -0.25) is 4.79 Å². The molecule has 1 amide bonds. The van der Waals surface area contributed by atoms with Crippen molar-refractivity contribution < 1.29 is 13.6 Å². The number of nitrogens with one attached hydrogen (secondary N) is 1. The van der Waals surface area contributed by atoms with E-state index in [-0.39, 0.29) is 17.8 Å². The Bertz CT molecular complexity index is 662. The molecule has 104 valence electrons. The van der Waals surface area contributed by atoms with Crippen molar-refractivity contribution in [2.24, 2.45) is 0 Å². The first-order valence-corrected chi connectivity index (χ1v) is 6.54. The summed E-state index contributed by atoms with van der Waals surface area (Å²) in [7, 11) is 0. The quantitative estimate of drug-likeness (QED) is 0.842. The van der Waals surface area contributed by atoms with E-state index in [9.17, 15) is 13.6 Å². The summed E-state index contributed by atoms with van der Waals surface area (Å²) in [5, 5.41) is 2.52. The van der Waals surface area contributed by atoms with E-state index in [4.69, 9.17) is 5.73 Å². The van der Waals surface area contributed by atoms with Gasteiger partial charge in [0.2, 0.25) is 0 Å². The number of anilines is 1. The van der Waals surface area contributed by atoms with Gasteiger partial charge < -0.3 is 11.1 Å². The predicted octanol–water partition coefficient (Wildman–Crippen LogP) is 3.24. The topological polar surface area (TPSA) is 55.1 Å². The predicted molar refractivity (Wildman–Crippen MR) is 76.1 cm³/mol. The molecule has 20 heavy (non-hydrogen) atoms. The SMILES string of the molecule is Nc1ccc(C(=O)NCc2cc(Br)ccc2F)cc1F. The molecular weight excluding hydrogens is 330 g/mol. The lowest BCUT2D eigenvalue weighted by molar-refractivity contribution is 0.0950. The van der Waals surface area contributed by atoms with Crippen molar-refractivity contribution in [2.45, 2.75) is 6.54 Å². The Morgan fingerprint density at radius 3 is 2.60 bits per heavy atom. The van der Waals surface area contributed by atoms with E-state index >= 15 is 0 Å². The van der Waals surface area contributed by atoms with Crippen LogP contribution in [0.2, 0.25) is 0 Å². The van der Waals surface area contributed by atoms with Crippen LogP contribution in [0.5, 0.6) is 0 Å². The zero-order valence-electron chi connectivity index (χ0n) is 10.3. The van der Waals surface area contributed by atoms with Gasteiger partial charge in [0, 0.05) is 22.1 Å². The molecule has 0 saturated carbocycles. The number of rotatable bonds is 3. The van der Waals surface area contributed by atoms with E-state index < -0.39 is 17.5 Å². The molecule has 0 heterocycles. The van der Waals surface area contributed by atoms with Crippen LogP contribution >= 0.6 is 15.9 Å². The minimum absolute atomic E-state index is 0.0100. The summed E-state index contributed by atoms with van der Waals surface area (Å²) in [5.74, 6) is -1.58. The Kier molecular flexibility index (Phi) is 4.34. The molecule has 0 bridgehead atoms. The van der Waals surface area contributed by atoms with Crippen molar-refractivity contribution in [2.75, 3.05) is 5.73 Å². The third-order valence-electron chi connectivity index (χ3n) is 2.71. The van der Waals surface area contributed by atoms with Crippen molar-refractivity contribution in [3.8, 4) is 0 Å². The highest BCUT2D eigenvalue weighted by Gasteiger charge is 2.10. The van der Waals surface area contributed by atoms with E-state index in [1.54, 1.807) is 12.1 Å². The molecule has 2 aromatic carbocycles. The second kappa shape index (κ2) is 6.00. The smallest absolute Gasteiger partial charge is 0.251 e. The maximum atomic E-state index is 13.5. The summed E-state index contributed by atoms with van der Waals surface area (Å²) in [5.41, 5.74) is 5.77. The second-order valence-electron chi connectivity index (χ2n) is 4.15. The molecule has 0 spiro atoms. The van der Waals surface area contributed by atoms with E-state index in [1.165, 1.54) is 18.2 Å². The molecule has 3 N–H and O–H groups in total. The van der Waals surface area contributed by atoms with Crippen LogP contribution in [0.15, 0.2) is 40.9 Å². The van der Waals surface area contributed by atoms with Crippen LogP contribution in [-0.4, -0.2) is 5.91 Å². The third kappa shape index (κ3) is 3.33. The fourth-order valence-electron chi connectivity index (χ4n) is 1.62. The van der Waals surface area contributed by atoms with E-state index in [2.05, 4.69) is 21.2 Å². The number of benzene rings is 2. The standard InChI is InChI=1S/C14H11BrF2N2O/c15-10-2-3-11(16)9(5-10)7-19-14(20)8-1-4-13(18)12(17)6-8/h1-6H,7,18H2,(H,19,20). The highest BCUT2D eigenvalue weighted by Crippen LogP contribution is 2.16. The third-order valence-corrected chi connectivity index (χ3v) is 3.20. The Balaban J connectivity index is 2.08.